The van der Waals surface area contributed by atoms with Gasteiger partial charge in [-0.1, -0.05) is 11.6 Å². The number of primary sulfonamides is 1. The molecule has 0 aliphatic heterocycles. The summed E-state index contributed by atoms with van der Waals surface area (Å²) in [6, 6.07) is 2.72. The van der Waals surface area contributed by atoms with Crippen molar-refractivity contribution in [2.75, 3.05) is 18.0 Å². The van der Waals surface area contributed by atoms with Gasteiger partial charge in [-0.25, -0.2) is 26.7 Å². The zero-order valence-corrected chi connectivity index (χ0v) is 13.1. The first-order chi connectivity index (χ1) is 9.03. The lowest BCUT2D eigenvalue weighted by molar-refractivity contribution is 0.576. The first-order valence-corrected chi connectivity index (χ1v) is 9.16. The number of hydrogen-bond donors (Lipinski definition) is 3. The lowest BCUT2D eigenvalue weighted by Gasteiger charge is -2.10. The first kappa shape index (κ1) is 17.2. The van der Waals surface area contributed by atoms with Crippen LogP contribution in [0.5, 0.6) is 0 Å². The molecule has 20 heavy (non-hydrogen) atoms. The van der Waals surface area contributed by atoms with Crippen LogP contribution in [0.4, 0.5) is 5.69 Å². The number of benzene rings is 1. The van der Waals surface area contributed by atoms with E-state index in [1.807, 2.05) is 0 Å². The Kier molecular flexibility index (Phi) is 5.39. The van der Waals surface area contributed by atoms with Crippen LogP contribution in [-0.2, 0) is 20.0 Å². The van der Waals surface area contributed by atoms with Crippen molar-refractivity contribution in [3.8, 4) is 0 Å². The van der Waals surface area contributed by atoms with Crippen molar-refractivity contribution in [2.45, 2.75) is 18.2 Å². The van der Waals surface area contributed by atoms with E-state index in [1.165, 1.54) is 12.1 Å². The fourth-order valence-corrected chi connectivity index (χ4v) is 3.67. The normalized spacial score (nSPS) is 12.6. The average molecular weight is 342 g/mol. The number of anilines is 1. The second kappa shape index (κ2) is 6.27. The van der Waals surface area contributed by atoms with Crippen LogP contribution in [0, 0.1) is 6.92 Å². The van der Waals surface area contributed by atoms with Gasteiger partial charge in [-0.3, -0.25) is 0 Å². The number of rotatable bonds is 6. The number of nitrogens with two attached hydrogens (primary N) is 2. The van der Waals surface area contributed by atoms with Crippen LogP contribution in [0.1, 0.15) is 12.0 Å². The van der Waals surface area contributed by atoms with Gasteiger partial charge in [-0.2, -0.15) is 0 Å². The molecule has 0 fully saturated rings. The SMILES string of the molecule is Cc1cc(Cl)c(S(=O)(=O)NCCCS(N)(=O)=O)cc1N. The second-order valence-electron chi connectivity index (χ2n) is 4.26. The Labute approximate surface area is 123 Å². The highest BCUT2D eigenvalue weighted by molar-refractivity contribution is 7.89. The van der Waals surface area contributed by atoms with Gasteiger partial charge in [-0.15, -0.1) is 0 Å². The summed E-state index contributed by atoms with van der Waals surface area (Å²) in [7, 11) is -7.45. The van der Waals surface area contributed by atoms with E-state index in [0.29, 0.717) is 11.3 Å². The van der Waals surface area contributed by atoms with E-state index >= 15 is 0 Å². The minimum atomic E-state index is -3.85. The van der Waals surface area contributed by atoms with Gasteiger partial charge in [0.25, 0.3) is 0 Å². The Morgan fingerprint density at radius 1 is 1.25 bits per heavy atom. The van der Waals surface area contributed by atoms with Crippen LogP contribution in [0.2, 0.25) is 5.02 Å². The summed E-state index contributed by atoms with van der Waals surface area (Å²) in [4.78, 5) is -0.141. The van der Waals surface area contributed by atoms with Crippen molar-refractivity contribution in [1.82, 2.24) is 4.72 Å². The molecule has 0 heterocycles. The maximum atomic E-state index is 12.0. The van der Waals surface area contributed by atoms with Crippen molar-refractivity contribution in [3.05, 3.63) is 22.7 Å². The highest BCUT2D eigenvalue weighted by Crippen LogP contribution is 2.26. The summed E-state index contributed by atoms with van der Waals surface area (Å²) in [6.45, 7) is 1.64. The lowest BCUT2D eigenvalue weighted by Crippen LogP contribution is -2.27. The first-order valence-electron chi connectivity index (χ1n) is 5.59. The predicted octanol–water partition coefficient (Wildman–Crippen LogP) is 0.188. The molecule has 0 saturated heterocycles. The number of sulfonamides is 2. The summed E-state index contributed by atoms with van der Waals surface area (Å²) in [6.07, 6.45) is 0.0665. The Morgan fingerprint density at radius 2 is 1.85 bits per heavy atom. The molecule has 1 aromatic carbocycles. The standard InChI is InChI=1S/C10H16ClN3O4S2/c1-7-5-8(11)10(6-9(7)12)20(17,18)14-3-2-4-19(13,15)16/h5-6,14H,2-4,12H2,1H3,(H2,13,15,16). The largest absolute Gasteiger partial charge is 0.398 e. The van der Waals surface area contributed by atoms with Crippen LogP contribution < -0.4 is 15.6 Å². The third kappa shape index (κ3) is 4.91. The zero-order valence-electron chi connectivity index (χ0n) is 10.8. The van der Waals surface area contributed by atoms with Crippen LogP contribution in [0.15, 0.2) is 17.0 Å². The molecule has 0 amide bonds. The Balaban J connectivity index is 2.82. The maximum Gasteiger partial charge on any atom is 0.242 e. The Hall–Kier alpha value is -0.870. The number of aryl methyl sites for hydroxylation is 1. The quantitative estimate of drug-likeness (QED) is 0.501. The molecule has 0 unspecified atom stereocenters. The second-order valence-corrected chi connectivity index (χ2v) is 8.13. The topological polar surface area (TPSA) is 132 Å². The van der Waals surface area contributed by atoms with Crippen molar-refractivity contribution >= 4 is 37.3 Å². The van der Waals surface area contributed by atoms with Gasteiger partial charge < -0.3 is 5.73 Å². The maximum absolute atomic E-state index is 12.0. The smallest absolute Gasteiger partial charge is 0.242 e. The summed E-state index contributed by atoms with van der Waals surface area (Å²) < 4.78 is 47.7. The predicted molar refractivity (Wildman–Crippen MR) is 78.4 cm³/mol. The molecule has 10 heteroatoms. The molecule has 1 aromatic rings. The third-order valence-electron chi connectivity index (χ3n) is 2.51. The number of nitrogens with one attached hydrogen (secondary N) is 1. The Morgan fingerprint density at radius 3 is 2.40 bits per heavy atom. The molecule has 1 rings (SSSR count). The summed E-state index contributed by atoms with van der Waals surface area (Å²) in [5, 5.41) is 4.87. The molecular weight excluding hydrogens is 326 g/mol. The molecule has 0 aliphatic rings. The fourth-order valence-electron chi connectivity index (χ4n) is 1.43. The van der Waals surface area contributed by atoms with Crippen molar-refractivity contribution < 1.29 is 16.8 Å². The highest BCUT2D eigenvalue weighted by atomic mass is 35.5. The van der Waals surface area contributed by atoms with E-state index < -0.39 is 20.0 Å². The molecule has 7 nitrogen and oxygen atoms in total. The van der Waals surface area contributed by atoms with E-state index in [2.05, 4.69) is 4.72 Å². The number of hydrogen-bond acceptors (Lipinski definition) is 5. The van der Waals surface area contributed by atoms with E-state index in [1.54, 1.807) is 6.92 Å². The Bertz CT molecular complexity index is 701. The summed E-state index contributed by atoms with van der Waals surface area (Å²) >= 11 is 5.88. The summed E-state index contributed by atoms with van der Waals surface area (Å²) in [5.74, 6) is -0.306. The van der Waals surface area contributed by atoms with Crippen molar-refractivity contribution in [2.24, 2.45) is 5.14 Å². The molecular formula is C10H16ClN3O4S2. The van der Waals surface area contributed by atoms with Gasteiger partial charge in [0.15, 0.2) is 0 Å². The molecule has 0 atom stereocenters. The summed E-state index contributed by atoms with van der Waals surface area (Å²) in [5.41, 5.74) is 6.63. The molecule has 0 spiro atoms. The number of halogens is 1. The molecule has 5 N–H and O–H groups in total. The average Bonchev–Trinajstić information content (AvgIpc) is 2.28. The number of nitrogen functional groups attached to an aromatic ring is 1. The van der Waals surface area contributed by atoms with Crippen LogP contribution in [0.25, 0.3) is 0 Å². The molecule has 0 radical (unpaired) electrons. The zero-order chi connectivity index (χ0) is 15.6. The van der Waals surface area contributed by atoms with E-state index in [0.717, 1.165) is 0 Å². The molecule has 0 aliphatic carbocycles. The van der Waals surface area contributed by atoms with E-state index in [-0.39, 0.29) is 28.6 Å². The van der Waals surface area contributed by atoms with Crippen LogP contribution in [0.3, 0.4) is 0 Å². The van der Waals surface area contributed by atoms with Gasteiger partial charge >= 0.3 is 0 Å². The highest BCUT2D eigenvalue weighted by Gasteiger charge is 2.19. The van der Waals surface area contributed by atoms with Gasteiger partial charge in [0.1, 0.15) is 4.90 Å². The molecule has 0 saturated carbocycles. The van der Waals surface area contributed by atoms with Crippen LogP contribution >= 0.6 is 11.6 Å². The van der Waals surface area contributed by atoms with Gasteiger partial charge in [0.2, 0.25) is 20.0 Å². The van der Waals surface area contributed by atoms with E-state index in [9.17, 15) is 16.8 Å². The minimum absolute atomic E-state index is 0.0515. The molecule has 0 bridgehead atoms. The molecule has 114 valence electrons. The minimum Gasteiger partial charge on any atom is -0.398 e. The monoisotopic (exact) mass is 341 g/mol. The fraction of sp³-hybridized carbons (Fsp3) is 0.400. The van der Waals surface area contributed by atoms with Crippen molar-refractivity contribution in [3.63, 3.8) is 0 Å². The van der Waals surface area contributed by atoms with Gasteiger partial charge in [0.05, 0.1) is 10.8 Å². The third-order valence-corrected chi connectivity index (χ3v) is 5.29. The van der Waals surface area contributed by atoms with Crippen LogP contribution in [-0.4, -0.2) is 29.1 Å². The van der Waals surface area contributed by atoms with Crippen molar-refractivity contribution in [1.29, 1.82) is 0 Å². The van der Waals surface area contributed by atoms with Gasteiger partial charge in [0, 0.05) is 12.2 Å². The molecule has 0 aromatic heterocycles. The lowest BCUT2D eigenvalue weighted by atomic mass is 10.2. The van der Waals surface area contributed by atoms with Gasteiger partial charge in [-0.05, 0) is 31.0 Å². The van der Waals surface area contributed by atoms with E-state index in [4.69, 9.17) is 22.5 Å².